The number of hydrogen-bond acceptors (Lipinski definition) is 3. The summed E-state index contributed by atoms with van der Waals surface area (Å²) in [5.41, 5.74) is -1.63. The molecule has 138 valence electrons. The second-order valence-electron chi connectivity index (χ2n) is 9.71. The lowest BCUT2D eigenvalue weighted by Crippen LogP contribution is -2.44. The van der Waals surface area contributed by atoms with Gasteiger partial charge in [-0.2, -0.15) is 0 Å². The van der Waals surface area contributed by atoms with Crippen molar-refractivity contribution in [2.45, 2.75) is 97.9 Å². The minimum Gasteiger partial charge on any atom is -0.377 e. The van der Waals surface area contributed by atoms with Gasteiger partial charge < -0.3 is 5.11 Å². The van der Waals surface area contributed by atoms with Crippen LogP contribution in [0.25, 0.3) is 0 Å². The molecule has 24 heavy (non-hydrogen) atoms. The van der Waals surface area contributed by atoms with E-state index >= 15 is 0 Å². The minimum absolute atomic E-state index is 0.262. The van der Waals surface area contributed by atoms with E-state index in [-0.39, 0.29) is 11.5 Å². The summed E-state index contributed by atoms with van der Waals surface area (Å²) in [6.45, 7) is 16.9. The lowest BCUT2D eigenvalue weighted by Gasteiger charge is -2.42. The molecule has 0 aromatic heterocycles. The van der Waals surface area contributed by atoms with Crippen LogP contribution in [-0.4, -0.2) is 21.9 Å². The van der Waals surface area contributed by atoms with Crippen LogP contribution in [0.4, 0.5) is 0 Å². The van der Waals surface area contributed by atoms with Crippen molar-refractivity contribution in [1.29, 1.82) is 0 Å². The van der Waals surface area contributed by atoms with E-state index in [1.54, 1.807) is 0 Å². The van der Waals surface area contributed by atoms with Gasteiger partial charge >= 0.3 is 0 Å². The molecular formula is C21H36O3. The maximum absolute atomic E-state index is 11.1. The molecule has 2 bridgehead atoms. The number of hydrogen-bond donors (Lipinski definition) is 1. The van der Waals surface area contributed by atoms with Crippen LogP contribution in [0.3, 0.4) is 0 Å². The molecule has 3 nitrogen and oxygen atoms in total. The van der Waals surface area contributed by atoms with E-state index in [9.17, 15) is 5.11 Å². The van der Waals surface area contributed by atoms with Crippen LogP contribution in [0.15, 0.2) is 0 Å². The van der Waals surface area contributed by atoms with Crippen LogP contribution < -0.4 is 0 Å². The Morgan fingerprint density at radius 2 is 1.79 bits per heavy atom. The summed E-state index contributed by atoms with van der Waals surface area (Å²) in [6.07, 6.45) is 3.83. The van der Waals surface area contributed by atoms with Crippen molar-refractivity contribution >= 4 is 0 Å². The van der Waals surface area contributed by atoms with E-state index in [0.717, 1.165) is 25.7 Å². The molecule has 0 saturated heterocycles. The van der Waals surface area contributed by atoms with Crippen LogP contribution >= 0.6 is 0 Å². The molecular weight excluding hydrogens is 300 g/mol. The zero-order chi connectivity index (χ0) is 18.4. The minimum atomic E-state index is -0.876. The van der Waals surface area contributed by atoms with Crippen molar-refractivity contribution in [2.75, 3.05) is 0 Å². The molecule has 0 radical (unpaired) electrons. The summed E-state index contributed by atoms with van der Waals surface area (Å²) in [7, 11) is 0. The average Bonchev–Trinajstić information content (AvgIpc) is 2.91. The highest BCUT2D eigenvalue weighted by atomic mass is 17.2. The third kappa shape index (κ3) is 3.82. The summed E-state index contributed by atoms with van der Waals surface area (Å²) in [4.78, 5) is 11.2. The molecule has 3 heteroatoms. The molecule has 0 aliphatic heterocycles. The summed E-state index contributed by atoms with van der Waals surface area (Å²) >= 11 is 0. The van der Waals surface area contributed by atoms with E-state index < -0.39 is 11.2 Å². The van der Waals surface area contributed by atoms with Crippen LogP contribution in [-0.2, 0) is 9.78 Å². The van der Waals surface area contributed by atoms with E-state index in [1.165, 1.54) is 0 Å². The highest BCUT2D eigenvalue weighted by Crippen LogP contribution is 2.62. The fourth-order valence-corrected chi connectivity index (χ4v) is 4.47. The highest BCUT2D eigenvalue weighted by molar-refractivity contribution is 5.27. The first-order chi connectivity index (χ1) is 10.8. The van der Waals surface area contributed by atoms with E-state index in [1.807, 2.05) is 27.7 Å². The fourth-order valence-electron chi connectivity index (χ4n) is 4.47. The Morgan fingerprint density at radius 3 is 2.29 bits per heavy atom. The Kier molecular flexibility index (Phi) is 5.19. The van der Waals surface area contributed by atoms with Gasteiger partial charge in [0.25, 0.3) is 0 Å². The standard InChI is InChI=1S/C21H36O3/c1-9-10-18(3,4)23-24-19(5,6)11-12-21(22)14-16-13-17(21)15(2)20(16,7)8/h15-17,22H,9-10,13-14H2,1-8H3/t15-,16-,17+,21+/m1/s1. The first-order valence-corrected chi connectivity index (χ1v) is 9.46. The molecule has 0 aromatic rings. The molecule has 0 heterocycles. The predicted molar refractivity (Wildman–Crippen MR) is 97.1 cm³/mol. The third-order valence-electron chi connectivity index (χ3n) is 6.45. The Morgan fingerprint density at radius 1 is 1.17 bits per heavy atom. The molecule has 2 aliphatic carbocycles. The molecule has 2 fully saturated rings. The van der Waals surface area contributed by atoms with Crippen LogP contribution in [0.2, 0.25) is 0 Å². The van der Waals surface area contributed by atoms with E-state index in [4.69, 9.17) is 9.78 Å². The van der Waals surface area contributed by atoms with Gasteiger partial charge in [-0.15, -0.1) is 0 Å². The summed E-state index contributed by atoms with van der Waals surface area (Å²) in [5, 5.41) is 11.1. The second kappa shape index (κ2) is 6.31. The van der Waals surface area contributed by atoms with Crippen LogP contribution in [0, 0.1) is 35.0 Å². The van der Waals surface area contributed by atoms with Gasteiger partial charge in [0.2, 0.25) is 0 Å². The fraction of sp³-hybridized carbons (Fsp3) is 0.905. The van der Waals surface area contributed by atoms with Crippen molar-refractivity contribution in [1.82, 2.24) is 0 Å². The van der Waals surface area contributed by atoms with Crippen LogP contribution in [0.5, 0.6) is 0 Å². The van der Waals surface area contributed by atoms with Crippen LogP contribution in [0.1, 0.15) is 81.1 Å². The van der Waals surface area contributed by atoms with Crippen molar-refractivity contribution < 1.29 is 14.9 Å². The van der Waals surface area contributed by atoms with Gasteiger partial charge in [-0.1, -0.05) is 46.0 Å². The highest BCUT2D eigenvalue weighted by Gasteiger charge is 2.61. The van der Waals surface area contributed by atoms with E-state index in [2.05, 4.69) is 39.5 Å². The van der Waals surface area contributed by atoms with Gasteiger partial charge in [0.1, 0.15) is 5.60 Å². The summed E-state index contributed by atoms with van der Waals surface area (Å²) < 4.78 is 0. The maximum Gasteiger partial charge on any atom is 0.158 e. The van der Waals surface area contributed by atoms with Crippen molar-refractivity contribution in [2.24, 2.45) is 23.2 Å². The van der Waals surface area contributed by atoms with Gasteiger partial charge in [0, 0.05) is 5.92 Å². The Bertz CT molecular complexity index is 519. The summed E-state index contributed by atoms with van der Waals surface area (Å²) in [6, 6.07) is 0. The Hall–Kier alpha value is -0.560. The van der Waals surface area contributed by atoms with Gasteiger partial charge in [-0.3, -0.25) is 0 Å². The number of aliphatic hydroxyl groups is 1. The van der Waals surface area contributed by atoms with Gasteiger partial charge in [-0.25, -0.2) is 9.78 Å². The average molecular weight is 337 g/mol. The molecule has 2 rings (SSSR count). The topological polar surface area (TPSA) is 38.7 Å². The second-order valence-corrected chi connectivity index (χ2v) is 9.71. The maximum atomic E-state index is 11.1. The van der Waals surface area contributed by atoms with Gasteiger partial charge in [-0.05, 0) is 64.2 Å². The largest absolute Gasteiger partial charge is 0.377 e. The summed E-state index contributed by atoms with van der Waals surface area (Å²) in [5.74, 6) is 7.61. The SMILES string of the molecule is CCCC(C)(C)OOC(C)(C)C#C[C@]1(O)C[C@H]2C[C@H]1[C@@H](C)C2(C)C. The molecule has 2 aliphatic rings. The predicted octanol–water partition coefficient (Wildman–Crippen LogP) is 4.73. The lowest BCUT2D eigenvalue weighted by atomic mass is 9.64. The zero-order valence-corrected chi connectivity index (χ0v) is 16.8. The first kappa shape index (κ1) is 19.8. The van der Waals surface area contributed by atoms with Crippen molar-refractivity contribution in [3.8, 4) is 11.8 Å². The number of fused-ring (bicyclic) bond motifs is 2. The molecule has 1 N–H and O–H groups in total. The van der Waals surface area contributed by atoms with Crippen molar-refractivity contribution in [3.63, 3.8) is 0 Å². The van der Waals surface area contributed by atoms with Gasteiger partial charge in [0.05, 0.1) is 5.60 Å². The smallest absolute Gasteiger partial charge is 0.158 e. The van der Waals surface area contributed by atoms with Crippen molar-refractivity contribution in [3.05, 3.63) is 0 Å². The first-order valence-electron chi connectivity index (χ1n) is 9.46. The van der Waals surface area contributed by atoms with Gasteiger partial charge in [0.15, 0.2) is 5.60 Å². The molecule has 0 spiro atoms. The molecule has 0 amide bonds. The molecule has 0 aromatic carbocycles. The third-order valence-corrected chi connectivity index (χ3v) is 6.45. The van der Waals surface area contributed by atoms with E-state index in [0.29, 0.717) is 17.3 Å². The zero-order valence-electron chi connectivity index (χ0n) is 16.8. The Labute approximate surface area is 148 Å². The quantitative estimate of drug-likeness (QED) is 0.448. The monoisotopic (exact) mass is 336 g/mol. The lowest BCUT2D eigenvalue weighted by molar-refractivity contribution is -0.389. The number of rotatable bonds is 5. The molecule has 0 unspecified atom stereocenters. The molecule has 2 saturated carbocycles. The molecule has 4 atom stereocenters. The normalized spacial score (nSPS) is 35.0. The Balaban J connectivity index is 2.04.